The summed E-state index contributed by atoms with van der Waals surface area (Å²) in [6.07, 6.45) is 1.11. The fourth-order valence-corrected chi connectivity index (χ4v) is 4.17. The lowest BCUT2D eigenvalue weighted by Crippen LogP contribution is -2.60. The Labute approximate surface area is 168 Å². The van der Waals surface area contributed by atoms with Crippen LogP contribution >= 0.6 is 0 Å². The third-order valence-corrected chi connectivity index (χ3v) is 6.25. The lowest BCUT2D eigenvalue weighted by Gasteiger charge is -2.47. The molecule has 3 saturated heterocycles. The molecule has 2 bridgehead atoms. The minimum absolute atomic E-state index is 0.114. The van der Waals surface area contributed by atoms with Gasteiger partial charge in [-0.15, -0.1) is 0 Å². The molecule has 0 spiro atoms. The highest BCUT2D eigenvalue weighted by Gasteiger charge is 2.52. The third-order valence-electron chi connectivity index (χ3n) is 6.25. The molecule has 1 amide bonds. The van der Waals surface area contributed by atoms with Gasteiger partial charge in [-0.1, -0.05) is 0 Å². The molecule has 2 atom stereocenters. The zero-order chi connectivity index (χ0) is 20.9. The van der Waals surface area contributed by atoms with E-state index in [1.54, 1.807) is 4.90 Å². The van der Waals surface area contributed by atoms with Crippen LogP contribution in [0.15, 0.2) is 0 Å². The van der Waals surface area contributed by atoms with E-state index in [1.807, 2.05) is 48.5 Å². The first-order valence-electron chi connectivity index (χ1n) is 10.3. The van der Waals surface area contributed by atoms with Gasteiger partial charge in [0, 0.05) is 12.2 Å². The van der Waals surface area contributed by atoms with Gasteiger partial charge in [0.15, 0.2) is 0 Å². The highest BCUT2D eigenvalue weighted by molar-refractivity contribution is 6.50. The summed E-state index contributed by atoms with van der Waals surface area (Å²) in [7, 11) is -0.516. The molecular formula is C20H34BNO6. The molecule has 158 valence electrons. The van der Waals surface area contributed by atoms with Crippen LogP contribution in [0, 0.1) is 5.92 Å². The maximum absolute atomic E-state index is 13.0. The van der Waals surface area contributed by atoms with E-state index in [-0.39, 0.29) is 36.2 Å². The van der Waals surface area contributed by atoms with E-state index in [2.05, 4.69) is 0 Å². The van der Waals surface area contributed by atoms with Crippen molar-refractivity contribution in [3.05, 3.63) is 0 Å². The van der Waals surface area contributed by atoms with Gasteiger partial charge in [-0.2, -0.15) is 0 Å². The zero-order valence-electron chi connectivity index (χ0n) is 18.2. The Kier molecular flexibility index (Phi) is 5.62. The summed E-state index contributed by atoms with van der Waals surface area (Å²) in [5.41, 5.74) is -1.43. The molecular weight excluding hydrogens is 361 g/mol. The quantitative estimate of drug-likeness (QED) is 0.684. The van der Waals surface area contributed by atoms with Crippen molar-refractivity contribution in [1.82, 2.24) is 4.90 Å². The number of hydrogen-bond donors (Lipinski definition) is 0. The Balaban J connectivity index is 1.62. The molecule has 8 heteroatoms. The van der Waals surface area contributed by atoms with E-state index in [0.717, 1.165) is 0 Å². The predicted octanol–water partition coefficient (Wildman–Crippen LogP) is 3.06. The standard InChI is InChI=1S/C20H34BNO6/c1-18(2,3)26-17(24)22-14-8-13(9-15(22)12-25-11-14)16(23)10-21-27-19(4,5)20(6,7)28-21/h13-15H,8-12H2,1-7H3. The molecule has 0 aliphatic carbocycles. The molecule has 0 aromatic heterocycles. The Morgan fingerprint density at radius 3 is 2.00 bits per heavy atom. The SMILES string of the molecule is CC(C)(C)OC(=O)N1C2COCC1CC(C(=O)CB1OC(C)(C)C(C)(C)O1)C2. The van der Waals surface area contributed by atoms with Crippen molar-refractivity contribution >= 4 is 19.0 Å². The van der Waals surface area contributed by atoms with Crippen molar-refractivity contribution in [2.45, 2.75) is 96.5 Å². The van der Waals surface area contributed by atoms with Crippen LogP contribution in [-0.4, -0.2) is 66.0 Å². The number of ether oxygens (including phenoxy) is 2. The molecule has 28 heavy (non-hydrogen) atoms. The molecule has 3 rings (SSSR count). The average molecular weight is 395 g/mol. The van der Waals surface area contributed by atoms with Crippen molar-refractivity contribution < 1.29 is 28.4 Å². The molecule has 3 heterocycles. The van der Waals surface area contributed by atoms with Crippen LogP contribution in [0.5, 0.6) is 0 Å². The molecule has 0 radical (unpaired) electrons. The number of ketones is 1. The van der Waals surface area contributed by atoms with Crippen LogP contribution in [0.2, 0.25) is 6.32 Å². The maximum Gasteiger partial charge on any atom is 0.465 e. The van der Waals surface area contributed by atoms with Crippen molar-refractivity contribution in [2.24, 2.45) is 5.92 Å². The normalized spacial score (nSPS) is 31.6. The lowest BCUT2D eigenvalue weighted by molar-refractivity contribution is -0.130. The first-order chi connectivity index (χ1) is 12.8. The number of amides is 1. The van der Waals surface area contributed by atoms with Crippen molar-refractivity contribution in [1.29, 1.82) is 0 Å². The number of hydrogen-bond acceptors (Lipinski definition) is 6. The number of piperidine rings is 1. The molecule has 3 aliphatic heterocycles. The largest absolute Gasteiger partial charge is 0.465 e. The molecule has 0 aromatic carbocycles. The van der Waals surface area contributed by atoms with Gasteiger partial charge < -0.3 is 18.8 Å². The van der Waals surface area contributed by atoms with Gasteiger partial charge in [-0.3, -0.25) is 9.69 Å². The Hall–Kier alpha value is -1.12. The molecule has 3 fully saturated rings. The van der Waals surface area contributed by atoms with E-state index >= 15 is 0 Å². The fourth-order valence-electron chi connectivity index (χ4n) is 4.17. The Bertz CT molecular complexity index is 599. The average Bonchev–Trinajstić information content (AvgIpc) is 2.70. The molecule has 0 aromatic rings. The number of Topliss-reactive ketones (excluding diaryl/α,β-unsaturated/α-hetero) is 1. The summed E-state index contributed by atoms with van der Waals surface area (Å²) < 4.78 is 23.2. The summed E-state index contributed by atoms with van der Waals surface area (Å²) >= 11 is 0. The first-order valence-corrected chi connectivity index (χ1v) is 10.3. The van der Waals surface area contributed by atoms with Gasteiger partial charge in [0.25, 0.3) is 0 Å². The number of carbonyl (C=O) groups is 2. The Morgan fingerprint density at radius 1 is 1.04 bits per heavy atom. The second-order valence-corrected chi connectivity index (χ2v) is 10.3. The van der Waals surface area contributed by atoms with Crippen molar-refractivity contribution in [2.75, 3.05) is 13.2 Å². The smallest absolute Gasteiger partial charge is 0.444 e. The van der Waals surface area contributed by atoms with E-state index in [1.165, 1.54) is 0 Å². The summed E-state index contributed by atoms with van der Waals surface area (Å²) in [5.74, 6) is 0.0239. The van der Waals surface area contributed by atoms with Crippen LogP contribution in [0.4, 0.5) is 4.79 Å². The third kappa shape index (κ3) is 4.39. The summed E-state index contributed by atoms with van der Waals surface area (Å²) in [5, 5.41) is 0. The van der Waals surface area contributed by atoms with Gasteiger partial charge in [0.05, 0.1) is 36.5 Å². The van der Waals surface area contributed by atoms with E-state index < -0.39 is 23.9 Å². The summed E-state index contributed by atoms with van der Waals surface area (Å²) in [6, 6.07) is -0.260. The van der Waals surface area contributed by atoms with E-state index in [0.29, 0.717) is 26.1 Å². The van der Waals surface area contributed by atoms with E-state index in [4.69, 9.17) is 18.8 Å². The van der Waals surface area contributed by atoms with Crippen LogP contribution < -0.4 is 0 Å². The van der Waals surface area contributed by atoms with Crippen LogP contribution in [-0.2, 0) is 23.6 Å². The monoisotopic (exact) mass is 395 g/mol. The predicted molar refractivity (Wildman–Crippen MR) is 105 cm³/mol. The molecule has 2 unspecified atom stereocenters. The van der Waals surface area contributed by atoms with Crippen molar-refractivity contribution in [3.8, 4) is 0 Å². The number of rotatable bonds is 3. The molecule has 0 saturated carbocycles. The van der Waals surface area contributed by atoms with E-state index in [9.17, 15) is 9.59 Å². The highest BCUT2D eigenvalue weighted by atomic mass is 16.7. The topological polar surface area (TPSA) is 74.3 Å². The van der Waals surface area contributed by atoms with Crippen LogP contribution in [0.25, 0.3) is 0 Å². The Morgan fingerprint density at radius 2 is 1.54 bits per heavy atom. The maximum atomic E-state index is 13.0. The fraction of sp³-hybridized carbons (Fsp3) is 0.900. The van der Waals surface area contributed by atoms with Gasteiger partial charge in [0.1, 0.15) is 11.4 Å². The molecule has 0 N–H and O–H groups in total. The summed E-state index contributed by atoms with van der Waals surface area (Å²) in [6.45, 7) is 14.4. The minimum Gasteiger partial charge on any atom is -0.444 e. The number of fused-ring (bicyclic) bond motifs is 2. The number of carbonyl (C=O) groups excluding carboxylic acids is 2. The minimum atomic E-state index is -0.546. The zero-order valence-corrected chi connectivity index (χ0v) is 18.2. The highest BCUT2D eigenvalue weighted by Crippen LogP contribution is 2.39. The second-order valence-electron chi connectivity index (χ2n) is 10.3. The number of nitrogens with zero attached hydrogens (tertiary/aromatic N) is 1. The van der Waals surface area contributed by atoms with Crippen LogP contribution in [0.3, 0.4) is 0 Å². The molecule has 3 aliphatic rings. The lowest BCUT2D eigenvalue weighted by atomic mass is 9.74. The summed E-state index contributed by atoms with van der Waals surface area (Å²) in [4.78, 5) is 27.4. The number of morpholine rings is 1. The second kappa shape index (κ2) is 7.29. The van der Waals surface area contributed by atoms with Gasteiger partial charge >= 0.3 is 13.2 Å². The molecule has 7 nitrogen and oxygen atoms in total. The van der Waals surface area contributed by atoms with Gasteiger partial charge in [-0.05, 0) is 61.3 Å². The van der Waals surface area contributed by atoms with Gasteiger partial charge in [0.2, 0.25) is 0 Å². The first kappa shape index (κ1) is 21.6. The van der Waals surface area contributed by atoms with Crippen molar-refractivity contribution in [3.63, 3.8) is 0 Å². The van der Waals surface area contributed by atoms with Gasteiger partial charge in [-0.25, -0.2) is 4.79 Å². The van der Waals surface area contributed by atoms with Crippen LogP contribution in [0.1, 0.15) is 61.3 Å².